The van der Waals surface area contributed by atoms with E-state index in [1.807, 2.05) is 37.3 Å². The second kappa shape index (κ2) is 10.5. The summed E-state index contributed by atoms with van der Waals surface area (Å²) in [7, 11) is 0. The number of guanidine groups is 1. The first kappa shape index (κ1) is 21.4. The minimum absolute atomic E-state index is 0.151. The smallest absolute Gasteiger partial charge is 0.255 e. The van der Waals surface area contributed by atoms with Crippen molar-refractivity contribution in [1.29, 1.82) is 0 Å². The zero-order valence-corrected chi connectivity index (χ0v) is 17.2. The van der Waals surface area contributed by atoms with E-state index < -0.39 is 5.91 Å². The summed E-state index contributed by atoms with van der Waals surface area (Å²) in [5, 5.41) is 3.33. The van der Waals surface area contributed by atoms with Crippen molar-refractivity contribution in [3.8, 4) is 5.75 Å². The Labute approximate surface area is 176 Å². The van der Waals surface area contributed by atoms with Gasteiger partial charge in [0.05, 0.1) is 12.2 Å². The highest BCUT2D eigenvalue weighted by atomic mass is 19.1. The fourth-order valence-electron chi connectivity index (χ4n) is 3.35. The summed E-state index contributed by atoms with van der Waals surface area (Å²) in [4.78, 5) is 19.9. The molecule has 0 radical (unpaired) electrons. The molecule has 0 saturated carbocycles. The molecule has 8 heteroatoms. The molecule has 0 spiro atoms. The topological polar surface area (TPSA) is 83.2 Å². The largest absolute Gasteiger partial charge is 0.484 e. The zero-order valence-electron chi connectivity index (χ0n) is 17.2. The molecule has 30 heavy (non-hydrogen) atoms. The number of aliphatic imine (C=N–C) groups is 1. The number of hydrogen-bond donors (Lipinski definition) is 2. The molecule has 0 unspecified atom stereocenters. The summed E-state index contributed by atoms with van der Waals surface area (Å²) in [5.74, 6) is 0.714. The molecule has 1 amide bonds. The fourth-order valence-corrected chi connectivity index (χ4v) is 3.35. The number of rotatable bonds is 7. The van der Waals surface area contributed by atoms with Crippen LogP contribution in [-0.4, -0.2) is 56.1 Å². The molecule has 0 atom stereocenters. The molecule has 0 aliphatic carbocycles. The van der Waals surface area contributed by atoms with Crippen LogP contribution in [0.5, 0.6) is 5.75 Å². The molecule has 1 heterocycles. The van der Waals surface area contributed by atoms with Gasteiger partial charge in [-0.3, -0.25) is 4.79 Å². The van der Waals surface area contributed by atoms with Crippen molar-refractivity contribution in [3.05, 3.63) is 59.9 Å². The molecule has 0 bridgehead atoms. The molecule has 160 valence electrons. The predicted molar refractivity (Wildman–Crippen MR) is 116 cm³/mol. The summed E-state index contributed by atoms with van der Waals surface area (Å²) < 4.78 is 19.4. The van der Waals surface area contributed by atoms with Gasteiger partial charge < -0.3 is 25.6 Å². The highest BCUT2D eigenvalue weighted by Gasteiger charge is 2.21. The summed E-state index contributed by atoms with van der Waals surface area (Å²) >= 11 is 0. The summed E-state index contributed by atoms with van der Waals surface area (Å²) in [6.07, 6.45) is 0. The van der Waals surface area contributed by atoms with Crippen molar-refractivity contribution in [2.75, 3.05) is 44.2 Å². The molecule has 1 aliphatic rings. The molecule has 1 fully saturated rings. The first-order valence-electron chi connectivity index (χ1n) is 10.1. The monoisotopic (exact) mass is 413 g/mol. The van der Waals surface area contributed by atoms with Crippen LogP contribution in [0.25, 0.3) is 0 Å². The summed E-state index contributed by atoms with van der Waals surface area (Å²) in [6.45, 7) is 6.07. The van der Waals surface area contributed by atoms with Gasteiger partial charge >= 0.3 is 0 Å². The van der Waals surface area contributed by atoms with E-state index in [1.54, 1.807) is 12.1 Å². The van der Waals surface area contributed by atoms with Crippen molar-refractivity contribution in [1.82, 2.24) is 10.2 Å². The van der Waals surface area contributed by atoms with Crippen molar-refractivity contribution >= 4 is 17.6 Å². The van der Waals surface area contributed by atoms with E-state index >= 15 is 0 Å². The van der Waals surface area contributed by atoms with Gasteiger partial charge in [-0.05, 0) is 36.8 Å². The van der Waals surface area contributed by atoms with E-state index in [2.05, 4.69) is 15.1 Å². The number of nitrogens with two attached hydrogens (primary N) is 1. The van der Waals surface area contributed by atoms with Crippen LogP contribution in [0.1, 0.15) is 12.5 Å². The van der Waals surface area contributed by atoms with Gasteiger partial charge in [0.15, 0.2) is 12.6 Å². The van der Waals surface area contributed by atoms with Gasteiger partial charge in [0.25, 0.3) is 5.91 Å². The Morgan fingerprint density at radius 3 is 2.63 bits per heavy atom. The van der Waals surface area contributed by atoms with Gasteiger partial charge in [-0.1, -0.05) is 24.3 Å². The number of amides is 1. The average molecular weight is 413 g/mol. The fraction of sp³-hybridized carbons (Fsp3) is 0.364. The molecular weight excluding hydrogens is 385 g/mol. The lowest BCUT2D eigenvalue weighted by Crippen LogP contribution is -2.52. The highest BCUT2D eigenvalue weighted by Crippen LogP contribution is 2.20. The van der Waals surface area contributed by atoms with Crippen LogP contribution in [0, 0.1) is 5.82 Å². The minimum Gasteiger partial charge on any atom is -0.484 e. The maximum atomic E-state index is 14.1. The molecule has 0 aromatic heterocycles. The van der Waals surface area contributed by atoms with Crippen LogP contribution in [-0.2, 0) is 11.3 Å². The predicted octanol–water partition coefficient (Wildman–Crippen LogP) is 1.98. The van der Waals surface area contributed by atoms with Gasteiger partial charge in [-0.25, -0.2) is 9.38 Å². The number of anilines is 1. The third kappa shape index (κ3) is 5.85. The first-order chi connectivity index (χ1) is 14.6. The van der Waals surface area contributed by atoms with Gasteiger partial charge in [0.1, 0.15) is 11.6 Å². The maximum Gasteiger partial charge on any atom is 0.255 e. The van der Waals surface area contributed by atoms with Crippen LogP contribution in [0.4, 0.5) is 10.1 Å². The molecule has 3 rings (SSSR count). The average Bonchev–Trinajstić information content (AvgIpc) is 2.76. The number of para-hydroxylation sites is 1. The molecule has 1 saturated heterocycles. The van der Waals surface area contributed by atoms with E-state index in [0.717, 1.165) is 44.2 Å². The Bertz CT molecular complexity index is 881. The van der Waals surface area contributed by atoms with Gasteiger partial charge in [-0.2, -0.15) is 0 Å². The normalized spacial score (nSPS) is 14.5. The van der Waals surface area contributed by atoms with Crippen molar-refractivity contribution in [2.24, 2.45) is 10.7 Å². The molecular formula is C22H28FN5O2. The second-order valence-corrected chi connectivity index (χ2v) is 7.00. The van der Waals surface area contributed by atoms with E-state index in [9.17, 15) is 9.18 Å². The number of ether oxygens (including phenoxy) is 1. The van der Waals surface area contributed by atoms with E-state index in [1.165, 1.54) is 6.07 Å². The first-order valence-corrected chi connectivity index (χ1v) is 10.1. The van der Waals surface area contributed by atoms with Crippen LogP contribution >= 0.6 is 0 Å². The molecule has 2 aromatic rings. The van der Waals surface area contributed by atoms with Crippen molar-refractivity contribution in [3.63, 3.8) is 0 Å². The summed E-state index contributed by atoms with van der Waals surface area (Å²) in [5.41, 5.74) is 6.74. The summed E-state index contributed by atoms with van der Waals surface area (Å²) in [6, 6.07) is 14.3. The Morgan fingerprint density at radius 2 is 1.93 bits per heavy atom. The number of benzene rings is 2. The third-order valence-electron chi connectivity index (χ3n) is 4.80. The van der Waals surface area contributed by atoms with E-state index in [-0.39, 0.29) is 12.4 Å². The van der Waals surface area contributed by atoms with E-state index in [0.29, 0.717) is 18.0 Å². The zero-order chi connectivity index (χ0) is 21.3. The number of nitrogens with zero attached hydrogens (tertiary/aromatic N) is 3. The van der Waals surface area contributed by atoms with Crippen molar-refractivity contribution in [2.45, 2.75) is 13.5 Å². The van der Waals surface area contributed by atoms with Crippen LogP contribution in [0.3, 0.4) is 0 Å². The van der Waals surface area contributed by atoms with E-state index in [4.69, 9.17) is 15.5 Å². The lowest BCUT2D eigenvalue weighted by molar-refractivity contribution is -0.119. The number of carbonyl (C=O) groups is 1. The number of primary amides is 1. The molecule has 2 aromatic carbocycles. The SMILES string of the molecule is CCNC(=NCc1cccc(OCC(N)=O)c1)N1CCN(c2ccccc2F)CC1. The van der Waals surface area contributed by atoms with Gasteiger partial charge in [-0.15, -0.1) is 0 Å². The quantitative estimate of drug-likeness (QED) is 0.536. The Hall–Kier alpha value is -3.29. The molecule has 3 N–H and O–H groups in total. The number of halogens is 1. The third-order valence-corrected chi connectivity index (χ3v) is 4.80. The maximum absolute atomic E-state index is 14.1. The molecule has 7 nitrogen and oxygen atoms in total. The van der Waals surface area contributed by atoms with Gasteiger partial charge in [0, 0.05) is 32.7 Å². The standard InChI is InChI=1S/C22H28FN5O2/c1-2-25-22(26-15-17-6-5-7-18(14-17)30-16-21(24)29)28-12-10-27(11-13-28)20-9-4-3-8-19(20)23/h3-9,14H,2,10-13,15-16H2,1H3,(H2,24,29)(H,25,26). The molecule has 1 aliphatic heterocycles. The lowest BCUT2D eigenvalue weighted by Gasteiger charge is -2.37. The van der Waals surface area contributed by atoms with Crippen LogP contribution < -0.4 is 20.7 Å². The number of carbonyl (C=O) groups excluding carboxylic acids is 1. The second-order valence-electron chi connectivity index (χ2n) is 7.00. The highest BCUT2D eigenvalue weighted by molar-refractivity contribution is 5.80. The Kier molecular flexibility index (Phi) is 7.48. The van der Waals surface area contributed by atoms with Gasteiger partial charge in [0.2, 0.25) is 0 Å². The number of nitrogens with one attached hydrogen (secondary N) is 1. The lowest BCUT2D eigenvalue weighted by atomic mass is 10.2. The minimum atomic E-state index is -0.512. The Morgan fingerprint density at radius 1 is 1.17 bits per heavy atom. The Balaban J connectivity index is 1.62. The van der Waals surface area contributed by atoms with Crippen molar-refractivity contribution < 1.29 is 13.9 Å². The van der Waals surface area contributed by atoms with Crippen LogP contribution in [0.2, 0.25) is 0 Å². The number of piperazine rings is 1. The van der Waals surface area contributed by atoms with Crippen LogP contribution in [0.15, 0.2) is 53.5 Å². The number of hydrogen-bond acceptors (Lipinski definition) is 4.